The van der Waals surface area contributed by atoms with E-state index in [1.54, 1.807) is 0 Å². The maximum atomic E-state index is 5.47. The molecule has 80 valence electrons. The average Bonchev–Trinajstić information content (AvgIpc) is 2.16. The molecule has 1 atom stereocenters. The highest BCUT2D eigenvalue weighted by Crippen LogP contribution is 2.19. The zero-order valence-corrected chi connectivity index (χ0v) is 10.4. The summed E-state index contributed by atoms with van der Waals surface area (Å²) in [6, 6.07) is 8.68. The second-order valence-electron chi connectivity index (χ2n) is 4.79. The Morgan fingerprint density at radius 3 is 2.12 bits per heavy atom. The van der Waals surface area contributed by atoms with Gasteiger partial charge in [-0.05, 0) is 29.4 Å². The molecule has 0 aromatic heterocycles. The quantitative estimate of drug-likeness (QED) is 0.666. The lowest BCUT2D eigenvalue weighted by Crippen LogP contribution is -1.96. The number of hydrogen-bond donors (Lipinski definition) is 0. The monoisotopic (exact) mass is 208 g/mol. The summed E-state index contributed by atoms with van der Waals surface area (Å²) in [4.78, 5) is 0. The van der Waals surface area contributed by atoms with Crippen LogP contribution in [-0.4, -0.2) is 15.7 Å². The van der Waals surface area contributed by atoms with E-state index in [1.807, 2.05) is 6.08 Å². The molecule has 4 radical (unpaired) electrons. The maximum Gasteiger partial charge on any atom is 0.0919 e. The van der Waals surface area contributed by atoms with E-state index in [9.17, 15) is 0 Å². The second-order valence-corrected chi connectivity index (χ2v) is 4.79. The molecule has 0 heterocycles. The van der Waals surface area contributed by atoms with Crippen molar-refractivity contribution in [3.63, 3.8) is 0 Å². The van der Waals surface area contributed by atoms with Crippen molar-refractivity contribution in [2.24, 2.45) is 5.92 Å². The lowest BCUT2D eigenvalue weighted by Gasteiger charge is -2.10. The Labute approximate surface area is 102 Å². The van der Waals surface area contributed by atoms with Crippen molar-refractivity contribution in [1.82, 2.24) is 0 Å². The first kappa shape index (κ1) is 13.2. The van der Waals surface area contributed by atoms with E-state index in [0.29, 0.717) is 11.3 Å². The van der Waals surface area contributed by atoms with E-state index < -0.39 is 0 Å². The molecule has 0 nitrogen and oxygen atoms in total. The zero-order chi connectivity index (χ0) is 12.1. The van der Waals surface area contributed by atoms with Gasteiger partial charge in [0.25, 0.3) is 0 Å². The number of benzene rings is 1. The summed E-state index contributed by atoms with van der Waals surface area (Å²) in [7, 11) is 10.9. The summed E-state index contributed by atoms with van der Waals surface area (Å²) in [6.07, 6.45) is 3.00. The van der Waals surface area contributed by atoms with E-state index in [1.165, 1.54) is 11.1 Å². The lowest BCUT2D eigenvalue weighted by molar-refractivity contribution is 0.647. The molecule has 0 fully saturated rings. The smallest absolute Gasteiger partial charge is 0.0919 e. The first-order valence-corrected chi connectivity index (χ1v) is 5.80. The molecule has 1 aromatic carbocycles. The Morgan fingerprint density at radius 1 is 1.12 bits per heavy atom. The van der Waals surface area contributed by atoms with E-state index in [2.05, 4.69) is 45.0 Å². The molecule has 0 amide bonds. The third-order valence-corrected chi connectivity index (χ3v) is 2.59. The Bertz CT molecular complexity index is 346. The molecular weight excluding hydrogens is 190 g/mol. The summed E-state index contributed by atoms with van der Waals surface area (Å²) in [5.74, 6) is 0.973. The molecule has 2 heteroatoms. The predicted octanol–water partition coefficient (Wildman–Crippen LogP) is 3.17. The molecule has 0 aliphatic carbocycles. The van der Waals surface area contributed by atoms with E-state index >= 15 is 0 Å². The standard InChI is InChI=1S/C14H18B2/c1-10(2)8-12-4-6-13(7-5-12)11(3)9-14(15)16/h4-7,9-11H,8H2,1-3H3. The van der Waals surface area contributed by atoms with Gasteiger partial charge in [-0.1, -0.05) is 51.1 Å². The van der Waals surface area contributed by atoms with Crippen LogP contribution in [0.25, 0.3) is 0 Å². The average molecular weight is 208 g/mol. The van der Waals surface area contributed by atoms with Gasteiger partial charge in [0.05, 0.1) is 15.7 Å². The van der Waals surface area contributed by atoms with Gasteiger partial charge in [-0.3, -0.25) is 0 Å². The molecule has 0 aliphatic rings. The fourth-order valence-electron chi connectivity index (χ4n) is 1.81. The van der Waals surface area contributed by atoms with E-state index in [4.69, 9.17) is 15.7 Å². The zero-order valence-electron chi connectivity index (χ0n) is 10.4. The van der Waals surface area contributed by atoms with Crippen LogP contribution in [0.15, 0.2) is 35.7 Å². The highest BCUT2D eigenvalue weighted by molar-refractivity contribution is 6.48. The molecule has 0 spiro atoms. The van der Waals surface area contributed by atoms with Gasteiger partial charge >= 0.3 is 0 Å². The molecule has 1 rings (SSSR count). The molecule has 1 unspecified atom stereocenters. The molecule has 0 N–H and O–H groups in total. The van der Waals surface area contributed by atoms with Gasteiger partial charge < -0.3 is 0 Å². The van der Waals surface area contributed by atoms with Crippen molar-refractivity contribution in [3.8, 4) is 0 Å². The maximum absolute atomic E-state index is 5.47. The minimum absolute atomic E-state index is 0.276. The van der Waals surface area contributed by atoms with E-state index in [0.717, 1.165) is 6.42 Å². The van der Waals surface area contributed by atoms with Gasteiger partial charge in [0.1, 0.15) is 0 Å². The van der Waals surface area contributed by atoms with Gasteiger partial charge in [0.2, 0.25) is 0 Å². The van der Waals surface area contributed by atoms with Crippen LogP contribution < -0.4 is 0 Å². The van der Waals surface area contributed by atoms with Crippen LogP contribution in [0.2, 0.25) is 0 Å². The van der Waals surface area contributed by atoms with Crippen molar-refractivity contribution in [1.29, 1.82) is 0 Å². The van der Waals surface area contributed by atoms with Crippen molar-refractivity contribution in [3.05, 3.63) is 46.8 Å². The van der Waals surface area contributed by atoms with Crippen LogP contribution in [0.3, 0.4) is 0 Å². The first-order valence-electron chi connectivity index (χ1n) is 5.80. The molecular formula is C14H18B2. The minimum Gasteiger partial charge on any atom is -0.164 e. The lowest BCUT2D eigenvalue weighted by atomic mass is 9.76. The summed E-state index contributed by atoms with van der Waals surface area (Å²) < 4.78 is 0. The fraction of sp³-hybridized carbons (Fsp3) is 0.429. The summed E-state index contributed by atoms with van der Waals surface area (Å²) in [5.41, 5.74) is 2.64. The van der Waals surface area contributed by atoms with Crippen LogP contribution in [-0.2, 0) is 6.42 Å². The summed E-state index contributed by atoms with van der Waals surface area (Å²) >= 11 is 0. The number of hydrogen-bond acceptors (Lipinski definition) is 0. The fourth-order valence-corrected chi connectivity index (χ4v) is 1.81. The minimum atomic E-state index is 0.276. The van der Waals surface area contributed by atoms with Crippen LogP contribution >= 0.6 is 0 Å². The molecule has 16 heavy (non-hydrogen) atoms. The van der Waals surface area contributed by atoms with Crippen LogP contribution in [0.1, 0.15) is 37.8 Å². The number of allylic oxidation sites excluding steroid dienone is 1. The van der Waals surface area contributed by atoms with Crippen LogP contribution in [0, 0.1) is 5.92 Å². The Hall–Kier alpha value is -0.910. The van der Waals surface area contributed by atoms with Crippen LogP contribution in [0.4, 0.5) is 0 Å². The predicted molar refractivity (Wildman–Crippen MR) is 73.0 cm³/mol. The first-order chi connectivity index (χ1) is 7.49. The van der Waals surface area contributed by atoms with Crippen molar-refractivity contribution in [2.75, 3.05) is 0 Å². The molecule has 1 aromatic rings. The Morgan fingerprint density at radius 2 is 1.69 bits per heavy atom. The highest BCUT2D eigenvalue weighted by atomic mass is 14.1. The van der Waals surface area contributed by atoms with Gasteiger partial charge in [-0.15, -0.1) is 0 Å². The van der Waals surface area contributed by atoms with Crippen LogP contribution in [0.5, 0.6) is 0 Å². The topological polar surface area (TPSA) is 0 Å². The summed E-state index contributed by atoms with van der Waals surface area (Å²) in [6.45, 7) is 6.56. The van der Waals surface area contributed by atoms with Crippen molar-refractivity contribution < 1.29 is 0 Å². The largest absolute Gasteiger partial charge is 0.164 e. The summed E-state index contributed by atoms with van der Waals surface area (Å²) in [5, 5.41) is 0.388. The third kappa shape index (κ3) is 4.30. The van der Waals surface area contributed by atoms with Gasteiger partial charge in [-0.25, -0.2) is 0 Å². The van der Waals surface area contributed by atoms with E-state index in [-0.39, 0.29) is 5.92 Å². The van der Waals surface area contributed by atoms with Gasteiger partial charge in [0.15, 0.2) is 0 Å². The van der Waals surface area contributed by atoms with Crippen molar-refractivity contribution >= 4 is 15.7 Å². The molecule has 0 saturated heterocycles. The molecule has 0 saturated carbocycles. The second kappa shape index (κ2) is 5.98. The van der Waals surface area contributed by atoms with Crippen molar-refractivity contribution in [2.45, 2.75) is 33.1 Å². The highest BCUT2D eigenvalue weighted by Gasteiger charge is 2.02. The molecule has 0 aliphatic heterocycles. The Balaban J connectivity index is 2.74. The van der Waals surface area contributed by atoms with Gasteiger partial charge in [0, 0.05) is 0 Å². The molecule has 0 bridgehead atoms. The third-order valence-electron chi connectivity index (χ3n) is 2.59. The van der Waals surface area contributed by atoms with Gasteiger partial charge in [-0.2, -0.15) is 5.37 Å². The SMILES string of the molecule is [B]C([B])=CC(C)c1ccc(CC(C)C)cc1. The number of rotatable bonds is 4. The Kier molecular flexibility index (Phi) is 4.92. The normalized spacial score (nSPS) is 12.5.